The van der Waals surface area contributed by atoms with E-state index in [1.807, 2.05) is 84.9 Å². The average Bonchev–Trinajstić information content (AvgIpc) is 3.47. The van der Waals surface area contributed by atoms with E-state index in [1.54, 1.807) is 47.1 Å². The molecule has 22 heteroatoms. The molecule has 0 saturated carbocycles. The van der Waals surface area contributed by atoms with Gasteiger partial charge in [-0.2, -0.15) is 10.5 Å². The number of carbonyl (C=O) groups is 4. The van der Waals surface area contributed by atoms with Gasteiger partial charge < -0.3 is 37.5 Å². The molecule has 0 bridgehead atoms. The summed E-state index contributed by atoms with van der Waals surface area (Å²) in [5.41, 5.74) is 2.35. The molecule has 0 heterocycles. The van der Waals surface area contributed by atoms with Crippen LogP contribution in [0.15, 0.2) is 117 Å². The summed E-state index contributed by atoms with van der Waals surface area (Å²) in [5.74, 6) is -0.638. The summed E-state index contributed by atoms with van der Waals surface area (Å²) < 4.78 is 89.5. The van der Waals surface area contributed by atoms with Crippen LogP contribution in [0.3, 0.4) is 0 Å². The van der Waals surface area contributed by atoms with Gasteiger partial charge in [0.05, 0.1) is 69.6 Å². The minimum atomic E-state index is -4.21. The van der Waals surface area contributed by atoms with Gasteiger partial charge in [0.1, 0.15) is 13.2 Å². The van der Waals surface area contributed by atoms with E-state index in [9.17, 15) is 45.1 Å². The van der Waals surface area contributed by atoms with Crippen LogP contribution >= 0.6 is 0 Å². The smallest absolute Gasteiger partial charge is 0.748 e. The predicted molar refractivity (Wildman–Crippen MR) is 347 cm³/mol. The molecule has 0 aliphatic carbocycles. The number of benzene rings is 2. The third kappa shape index (κ3) is 87.2. The minimum Gasteiger partial charge on any atom is -0.748 e. The number of methoxy groups -OCH3 is 2. The van der Waals surface area contributed by atoms with Crippen molar-refractivity contribution < 1.29 is 176 Å². The van der Waals surface area contributed by atoms with Crippen molar-refractivity contribution in [2.75, 3.05) is 65.4 Å². The number of nitrogens with zero attached hydrogens (tertiary/aromatic N) is 2. The van der Waals surface area contributed by atoms with Gasteiger partial charge in [0.25, 0.3) is 0 Å². The Morgan fingerprint density at radius 3 is 1.15 bits per heavy atom. The number of rotatable bonds is 25. The zero-order valence-corrected chi connectivity index (χ0v) is 65.5. The first-order valence-electron chi connectivity index (χ1n) is 28.5. The number of esters is 4. The van der Waals surface area contributed by atoms with Crippen molar-refractivity contribution in [3.05, 3.63) is 128 Å². The van der Waals surface area contributed by atoms with Crippen molar-refractivity contribution in [2.45, 2.75) is 162 Å². The molecule has 0 radical (unpaired) electrons. The molecule has 0 spiro atoms. The zero-order valence-electron chi connectivity index (χ0n) is 57.6. The molecule has 2 unspecified atom stereocenters. The van der Waals surface area contributed by atoms with Gasteiger partial charge in [-0.3, -0.25) is 9.59 Å². The number of carbonyl (C=O) groups excluding carboxylic acids is 4. The van der Waals surface area contributed by atoms with Gasteiger partial charge in [-0.15, -0.1) is 6.58 Å². The topological polar surface area (TPSA) is 286 Å². The first-order chi connectivity index (χ1) is 39.9. The van der Waals surface area contributed by atoms with Crippen LogP contribution in [-0.2, 0) is 67.8 Å². The van der Waals surface area contributed by atoms with Gasteiger partial charge in [-0.1, -0.05) is 161 Å². The van der Waals surface area contributed by atoms with Crippen molar-refractivity contribution in [2.24, 2.45) is 22.7 Å². The third-order valence-corrected chi connectivity index (χ3v) is 12.5. The Morgan fingerprint density at radius 1 is 0.591 bits per heavy atom. The zero-order chi connectivity index (χ0) is 68.8. The van der Waals surface area contributed by atoms with Gasteiger partial charge in [-0.05, 0) is 117 Å². The molecule has 494 valence electrons. The van der Waals surface area contributed by atoms with Crippen LogP contribution in [0, 0.1) is 45.3 Å². The summed E-state index contributed by atoms with van der Waals surface area (Å²) in [7, 11) is -5.28. The molecule has 88 heavy (non-hydrogen) atoms. The van der Waals surface area contributed by atoms with Crippen LogP contribution < -0.4 is 103 Å². The van der Waals surface area contributed by atoms with E-state index in [1.165, 1.54) is 37.0 Å². The molecule has 0 saturated heterocycles. The van der Waals surface area contributed by atoms with E-state index in [4.69, 9.17) is 24.7 Å². The van der Waals surface area contributed by atoms with Crippen LogP contribution in [0.2, 0.25) is 0 Å². The number of nitriles is 2. The fourth-order valence-corrected chi connectivity index (χ4v) is 4.80. The molecule has 18 nitrogen and oxygen atoms in total. The quantitative estimate of drug-likeness (QED) is 0.0132. The van der Waals surface area contributed by atoms with Crippen LogP contribution in [0.25, 0.3) is 6.08 Å². The molecular weight excluding hydrogens is 1220 g/mol. The number of ether oxygens (including phenoxy) is 6. The Bertz CT molecular complexity index is 2390. The second-order valence-corrected chi connectivity index (χ2v) is 23.2. The van der Waals surface area contributed by atoms with E-state index in [0.29, 0.717) is 44.3 Å². The summed E-state index contributed by atoms with van der Waals surface area (Å²) in [5, 5.41) is 15.6. The van der Waals surface area contributed by atoms with Crippen LogP contribution in [-0.4, -0.2) is 115 Å². The largest absolute Gasteiger partial charge is 1.00 e. The average molecular weight is 1330 g/mol. The van der Waals surface area contributed by atoms with Gasteiger partial charge >= 0.3 is 127 Å². The SMILES string of the molecule is C=C(C)C(=O)OCCCS(=O)(=O)[O-].C=C(C)C(=O)OCCOC.C=CC.C=CC#N.C=Cc1ccccc1.CCC(C)(C)C(=O)OCCCS(=O)(=O)[O-].CCC(C)(C)C(=O)OCCOC.CCC(C)C.CCC(C)C#N.CCC(C)c1ccccc1.[K+].[K+]. The molecule has 2 rings (SSSR count). The van der Waals surface area contributed by atoms with E-state index >= 15 is 0 Å². The fraction of sp³-hybridized carbons (Fsp3) is 0.576. The van der Waals surface area contributed by atoms with Gasteiger partial charge in [0, 0.05) is 48.9 Å². The van der Waals surface area contributed by atoms with Crippen molar-refractivity contribution in [3.8, 4) is 12.1 Å². The Labute approximate surface area is 619 Å². The monoisotopic (exact) mass is 1330 g/mol. The fourth-order valence-electron chi connectivity index (χ4n) is 3.86. The number of hydrogen-bond acceptors (Lipinski definition) is 18. The van der Waals surface area contributed by atoms with Crippen LogP contribution in [0.1, 0.15) is 173 Å². The normalized spacial score (nSPS) is 10.3. The molecule has 0 N–H and O–H groups in total. The Balaban J connectivity index is -0.0000000983. The molecule has 0 aliphatic rings. The Hall–Kier alpha value is -2.99. The molecular formula is C66H110K2N2O16S2. The molecule has 0 aromatic heterocycles. The van der Waals surface area contributed by atoms with Crippen LogP contribution in [0.5, 0.6) is 0 Å². The third-order valence-electron chi connectivity index (χ3n) is 10.9. The summed E-state index contributed by atoms with van der Waals surface area (Å²) in [6, 6.07) is 24.5. The minimum absolute atomic E-state index is 0. The summed E-state index contributed by atoms with van der Waals surface area (Å²) in [6.45, 7) is 49.4. The van der Waals surface area contributed by atoms with Crippen molar-refractivity contribution >= 4 is 50.2 Å². The number of allylic oxidation sites excluding steroid dienone is 2. The molecule has 2 aromatic rings. The van der Waals surface area contributed by atoms with E-state index in [2.05, 4.69) is 118 Å². The predicted octanol–water partition coefficient (Wildman–Crippen LogP) is 8.34. The van der Waals surface area contributed by atoms with Crippen molar-refractivity contribution in [1.82, 2.24) is 0 Å². The molecule has 0 amide bonds. The second kappa shape index (κ2) is 71.5. The van der Waals surface area contributed by atoms with Gasteiger partial charge in [-0.25, -0.2) is 26.4 Å². The first kappa shape index (κ1) is 107. The maximum Gasteiger partial charge on any atom is 1.00 e. The standard InChI is InChI=1S/C10H14.C9H18O5S.C9H18O3.C8H8.C7H12O5S.C7H12O3.C5H9N.C5H12.C3H3N.C3H6.2K/c1-3-9(2)10-7-5-4-6-8-10;1-4-9(2,3)8(10)14-6-5-7-15(11,12)13;1-5-9(2,3)8(10)12-7-6-11-4;1-2-8-6-4-3-5-7-8;1-6(2)7(8)12-4-3-5-13(9,10)11;1-6(2)7(8)10-5-4-9-3;1-3-5(2)4-6;1-4-5(2)3;1-2-3-4;1-3-2;;/h4-9H,3H2,1-2H3;4-7H2,1-3H3,(H,11,12,13);5-7H2,1-4H3;2-7H,1H2;1,3-5H2,2H3,(H,9,10,11);1,4-5H2,2-3H3;5H,3H2,1-2H3;5H,4H2,1-3H3;2H,1H2;3H,1H2,2H3;;/q;;;;;;;;;;2*+1/p-2. The molecule has 0 fully saturated rings. The van der Waals surface area contributed by atoms with Crippen molar-refractivity contribution in [3.63, 3.8) is 0 Å². The van der Waals surface area contributed by atoms with Crippen molar-refractivity contribution in [1.29, 1.82) is 10.5 Å². The van der Waals surface area contributed by atoms with Gasteiger partial charge in [0.15, 0.2) is 0 Å². The second-order valence-electron chi connectivity index (χ2n) is 20.1. The Morgan fingerprint density at radius 2 is 0.909 bits per heavy atom. The summed E-state index contributed by atoms with van der Waals surface area (Å²) >= 11 is 0. The van der Waals surface area contributed by atoms with E-state index in [0.717, 1.165) is 18.8 Å². The van der Waals surface area contributed by atoms with Crippen LogP contribution in [0.4, 0.5) is 0 Å². The summed E-state index contributed by atoms with van der Waals surface area (Å²) in [4.78, 5) is 44.0. The molecule has 0 aliphatic heterocycles. The summed E-state index contributed by atoms with van der Waals surface area (Å²) in [6.07, 6.45) is 9.77. The van der Waals surface area contributed by atoms with Gasteiger partial charge in [0.2, 0.25) is 0 Å². The van der Waals surface area contributed by atoms with E-state index in [-0.39, 0.29) is 164 Å². The Kier molecular flexibility index (Phi) is 86.6. The first-order valence-corrected chi connectivity index (χ1v) is 31.6. The maximum atomic E-state index is 11.4. The molecule has 2 atom stereocenters. The molecule has 2 aromatic carbocycles. The van der Waals surface area contributed by atoms with E-state index < -0.39 is 43.1 Å². The number of hydrogen-bond donors (Lipinski definition) is 0. The maximum absolute atomic E-state index is 11.4.